The van der Waals surface area contributed by atoms with Gasteiger partial charge in [0.2, 0.25) is 0 Å². The maximum Gasteiger partial charge on any atom is 0.573 e. The summed E-state index contributed by atoms with van der Waals surface area (Å²) in [6.07, 6.45) is -6.52. The van der Waals surface area contributed by atoms with Gasteiger partial charge in [-0.05, 0) is 72.3 Å². The Labute approximate surface area is 198 Å². The summed E-state index contributed by atoms with van der Waals surface area (Å²) in [5, 5.41) is 3.10. The van der Waals surface area contributed by atoms with Gasteiger partial charge in [-0.2, -0.15) is 0 Å². The molecule has 0 atom stereocenters. The number of aliphatic imine (C=N–C) groups is 1. The second kappa shape index (κ2) is 10.6. The average Bonchev–Trinajstić information content (AvgIpc) is 2.74. The molecule has 0 saturated heterocycles. The molecule has 0 saturated carbocycles. The molecule has 34 heavy (non-hydrogen) atoms. The highest BCUT2D eigenvalue weighted by Gasteiger charge is 2.31. The zero-order chi connectivity index (χ0) is 24.8. The summed E-state index contributed by atoms with van der Waals surface area (Å²) >= 11 is 3.35. The third kappa shape index (κ3) is 8.47. The number of hydrogen-bond donors (Lipinski definition) is 1. The first-order valence-electron chi connectivity index (χ1n) is 9.46. The summed E-state index contributed by atoms with van der Waals surface area (Å²) in [5.74, 6) is -0.719. The zero-order valence-corrected chi connectivity index (χ0v) is 18.6. The van der Waals surface area contributed by atoms with Crippen LogP contribution in [0.4, 0.5) is 37.7 Å². The van der Waals surface area contributed by atoms with E-state index < -0.39 is 12.7 Å². The molecule has 1 N–H and O–H groups in total. The molecule has 3 rings (SSSR count). The van der Waals surface area contributed by atoms with Crippen LogP contribution in [-0.4, -0.2) is 18.9 Å². The van der Waals surface area contributed by atoms with E-state index in [1.54, 1.807) is 18.2 Å². The number of benzene rings is 3. The molecule has 3 aromatic carbocycles. The van der Waals surface area contributed by atoms with Gasteiger partial charge in [-0.3, -0.25) is 4.99 Å². The van der Waals surface area contributed by atoms with Crippen molar-refractivity contribution in [3.63, 3.8) is 0 Å². The first-order valence-corrected chi connectivity index (χ1v) is 10.3. The number of alkyl halides is 6. The molecule has 4 nitrogen and oxygen atoms in total. The minimum absolute atomic E-state index is 0.355. The molecule has 0 fully saturated rings. The first-order chi connectivity index (χ1) is 16.0. The average molecular weight is 545 g/mol. The number of rotatable bonds is 7. The SMILES string of the molecule is FC(F)(F)Oc1ccc(N=C/C=C(\Nc2ccc(OC(F)(F)F)cc2)c2ccc(Br)cc2)cc1. The molecule has 0 aliphatic carbocycles. The van der Waals surface area contributed by atoms with E-state index in [2.05, 4.69) is 35.7 Å². The van der Waals surface area contributed by atoms with Gasteiger partial charge in [0.05, 0.1) is 5.69 Å². The van der Waals surface area contributed by atoms with E-state index >= 15 is 0 Å². The number of halogens is 7. The molecule has 0 aliphatic heterocycles. The van der Waals surface area contributed by atoms with E-state index in [0.717, 1.165) is 22.2 Å². The van der Waals surface area contributed by atoms with Gasteiger partial charge in [-0.1, -0.05) is 28.1 Å². The number of hydrogen-bond acceptors (Lipinski definition) is 4. The highest BCUT2D eigenvalue weighted by atomic mass is 79.9. The number of nitrogens with zero attached hydrogens (tertiary/aromatic N) is 1. The van der Waals surface area contributed by atoms with Gasteiger partial charge in [0.1, 0.15) is 11.5 Å². The predicted molar refractivity (Wildman–Crippen MR) is 120 cm³/mol. The normalized spacial score (nSPS) is 12.6. The van der Waals surface area contributed by atoms with Gasteiger partial charge in [0.15, 0.2) is 0 Å². The first kappa shape index (κ1) is 25.2. The minimum Gasteiger partial charge on any atom is -0.406 e. The maximum atomic E-state index is 12.4. The lowest BCUT2D eigenvalue weighted by Crippen LogP contribution is -2.17. The van der Waals surface area contributed by atoms with Gasteiger partial charge in [-0.25, -0.2) is 0 Å². The summed E-state index contributed by atoms with van der Waals surface area (Å²) < 4.78 is 82.4. The van der Waals surface area contributed by atoms with Gasteiger partial charge < -0.3 is 14.8 Å². The maximum absolute atomic E-state index is 12.4. The van der Waals surface area contributed by atoms with E-state index in [0.29, 0.717) is 17.1 Å². The van der Waals surface area contributed by atoms with E-state index in [1.165, 1.54) is 42.6 Å². The predicted octanol–water partition coefficient (Wildman–Crippen LogP) is 8.10. The van der Waals surface area contributed by atoms with E-state index in [1.807, 2.05) is 12.1 Å². The lowest BCUT2D eigenvalue weighted by atomic mass is 10.1. The van der Waals surface area contributed by atoms with Crippen molar-refractivity contribution in [2.75, 3.05) is 5.32 Å². The summed E-state index contributed by atoms with van der Waals surface area (Å²) in [6, 6.07) is 17.4. The monoisotopic (exact) mass is 544 g/mol. The molecule has 178 valence electrons. The Hall–Kier alpha value is -3.47. The molecular weight excluding hydrogens is 530 g/mol. The van der Waals surface area contributed by atoms with Crippen molar-refractivity contribution in [2.45, 2.75) is 12.7 Å². The van der Waals surface area contributed by atoms with Gasteiger partial charge in [-0.15, -0.1) is 26.3 Å². The third-order valence-electron chi connectivity index (χ3n) is 4.06. The summed E-state index contributed by atoms with van der Waals surface area (Å²) in [5.41, 5.74) is 2.19. The minimum atomic E-state index is -4.79. The summed E-state index contributed by atoms with van der Waals surface area (Å²) in [6.45, 7) is 0. The molecule has 0 aliphatic rings. The Balaban J connectivity index is 1.78. The quantitative estimate of drug-likeness (QED) is 0.241. The molecule has 3 aromatic rings. The standard InChI is InChI=1S/C23H15BrF6N2O2/c24-16-3-1-15(2-4-16)21(32-18-7-11-20(12-8-18)34-23(28,29)30)13-14-31-17-5-9-19(10-6-17)33-22(25,26)27/h1-14,32H/b21-13-,31-14?. The number of ether oxygens (including phenoxy) is 2. The summed E-state index contributed by atoms with van der Waals surface area (Å²) in [7, 11) is 0. The van der Waals surface area contributed by atoms with Crippen molar-refractivity contribution < 1.29 is 35.8 Å². The molecule has 0 spiro atoms. The van der Waals surface area contributed by atoms with Crippen LogP contribution in [0.1, 0.15) is 5.56 Å². The van der Waals surface area contributed by atoms with E-state index in [9.17, 15) is 26.3 Å². The van der Waals surface area contributed by atoms with Crippen molar-refractivity contribution in [2.24, 2.45) is 4.99 Å². The smallest absolute Gasteiger partial charge is 0.406 e. The van der Waals surface area contributed by atoms with Gasteiger partial charge >= 0.3 is 12.7 Å². The molecule has 0 bridgehead atoms. The van der Waals surface area contributed by atoms with Crippen molar-refractivity contribution in [3.8, 4) is 11.5 Å². The second-order valence-electron chi connectivity index (χ2n) is 6.60. The lowest BCUT2D eigenvalue weighted by Gasteiger charge is -2.13. The Morgan fingerprint density at radius 1 is 0.735 bits per heavy atom. The molecular formula is C23H15BrF6N2O2. The fourth-order valence-electron chi connectivity index (χ4n) is 2.67. The zero-order valence-electron chi connectivity index (χ0n) is 17.0. The van der Waals surface area contributed by atoms with Crippen LogP contribution in [0.3, 0.4) is 0 Å². The second-order valence-corrected chi connectivity index (χ2v) is 7.52. The van der Waals surface area contributed by atoms with Gasteiger partial charge in [0, 0.05) is 22.1 Å². The van der Waals surface area contributed by atoms with Crippen LogP contribution in [0.5, 0.6) is 11.5 Å². The molecule has 11 heteroatoms. The fourth-order valence-corrected chi connectivity index (χ4v) is 2.93. The van der Waals surface area contributed by atoms with Crippen molar-refractivity contribution in [3.05, 3.63) is 88.9 Å². The van der Waals surface area contributed by atoms with Crippen molar-refractivity contribution in [1.29, 1.82) is 0 Å². The topological polar surface area (TPSA) is 42.8 Å². The van der Waals surface area contributed by atoms with Gasteiger partial charge in [0.25, 0.3) is 0 Å². The number of anilines is 1. The highest BCUT2D eigenvalue weighted by molar-refractivity contribution is 9.10. The summed E-state index contributed by atoms with van der Waals surface area (Å²) in [4.78, 5) is 4.19. The number of nitrogens with one attached hydrogen (secondary N) is 1. The van der Waals surface area contributed by atoms with Crippen LogP contribution in [0.2, 0.25) is 0 Å². The Morgan fingerprint density at radius 3 is 1.74 bits per heavy atom. The van der Waals surface area contributed by atoms with E-state index in [4.69, 9.17) is 0 Å². The largest absolute Gasteiger partial charge is 0.573 e. The highest BCUT2D eigenvalue weighted by Crippen LogP contribution is 2.27. The third-order valence-corrected chi connectivity index (χ3v) is 4.59. The Kier molecular flexibility index (Phi) is 7.87. The van der Waals surface area contributed by atoms with Crippen molar-refractivity contribution >= 4 is 39.2 Å². The fraction of sp³-hybridized carbons (Fsp3) is 0.0870. The van der Waals surface area contributed by atoms with E-state index in [-0.39, 0.29) is 11.5 Å². The molecule has 0 radical (unpaired) electrons. The number of allylic oxidation sites excluding steroid dienone is 1. The molecule has 0 heterocycles. The lowest BCUT2D eigenvalue weighted by molar-refractivity contribution is -0.275. The van der Waals surface area contributed by atoms with Crippen LogP contribution in [-0.2, 0) is 0 Å². The van der Waals surface area contributed by atoms with Crippen LogP contribution in [0, 0.1) is 0 Å². The van der Waals surface area contributed by atoms with Crippen LogP contribution in [0.25, 0.3) is 5.70 Å². The van der Waals surface area contributed by atoms with Crippen molar-refractivity contribution in [1.82, 2.24) is 0 Å². The Morgan fingerprint density at radius 2 is 1.24 bits per heavy atom. The van der Waals surface area contributed by atoms with Crippen LogP contribution in [0.15, 0.2) is 88.3 Å². The van der Waals surface area contributed by atoms with Crippen LogP contribution < -0.4 is 14.8 Å². The molecule has 0 unspecified atom stereocenters. The molecule has 0 aromatic heterocycles. The Bertz CT molecular complexity index is 1140. The molecule has 0 amide bonds. The van der Waals surface area contributed by atoms with Crippen LogP contribution >= 0.6 is 15.9 Å².